The molecule has 104 valence electrons. The van der Waals surface area contributed by atoms with Crippen LogP contribution < -0.4 is 10.1 Å². The largest absolute Gasteiger partial charge is 0.491 e. The van der Waals surface area contributed by atoms with E-state index in [0.717, 1.165) is 18.4 Å². The van der Waals surface area contributed by atoms with E-state index in [1.807, 2.05) is 12.1 Å². The zero-order chi connectivity index (χ0) is 13.9. The minimum absolute atomic E-state index is 0.118. The van der Waals surface area contributed by atoms with Crippen LogP contribution >= 0.6 is 0 Å². The van der Waals surface area contributed by atoms with Gasteiger partial charge in [0.05, 0.1) is 10.3 Å². The summed E-state index contributed by atoms with van der Waals surface area (Å²) in [7, 11) is 0. The number of hydrogen-bond acceptors (Lipinski definition) is 4. The van der Waals surface area contributed by atoms with E-state index in [9.17, 15) is 10.1 Å². The first-order chi connectivity index (χ1) is 9.75. The second-order valence-electron chi connectivity index (χ2n) is 4.99. The molecule has 1 aliphatic heterocycles. The molecular formula is C15H16N2O3. The van der Waals surface area contributed by atoms with Crippen LogP contribution in [-0.4, -0.2) is 24.1 Å². The first-order valence-electron chi connectivity index (χ1n) is 6.78. The average molecular weight is 272 g/mol. The van der Waals surface area contributed by atoms with E-state index in [4.69, 9.17) is 4.74 Å². The van der Waals surface area contributed by atoms with E-state index in [-0.39, 0.29) is 10.6 Å². The lowest BCUT2D eigenvalue weighted by molar-refractivity contribution is -0.383. The van der Waals surface area contributed by atoms with Gasteiger partial charge in [0.25, 0.3) is 5.69 Å². The van der Waals surface area contributed by atoms with Crippen molar-refractivity contribution in [1.82, 2.24) is 5.32 Å². The summed E-state index contributed by atoms with van der Waals surface area (Å²) in [6, 6.07) is 10.9. The van der Waals surface area contributed by atoms with Gasteiger partial charge in [0, 0.05) is 17.5 Å². The number of hydrogen-bond donors (Lipinski definition) is 1. The lowest BCUT2D eigenvalue weighted by Crippen LogP contribution is -2.28. The minimum atomic E-state index is -0.357. The number of rotatable bonds is 4. The number of ether oxygens (including phenoxy) is 1. The normalized spacial score (nSPS) is 18.3. The number of nitrogens with zero attached hydrogens (tertiary/aromatic N) is 1. The van der Waals surface area contributed by atoms with Crippen molar-refractivity contribution in [2.45, 2.75) is 18.9 Å². The van der Waals surface area contributed by atoms with Gasteiger partial charge in [-0.3, -0.25) is 10.1 Å². The quantitative estimate of drug-likeness (QED) is 0.686. The van der Waals surface area contributed by atoms with Crippen LogP contribution in [0.4, 0.5) is 5.69 Å². The third-order valence-corrected chi connectivity index (χ3v) is 3.66. The Morgan fingerprint density at radius 3 is 2.75 bits per heavy atom. The van der Waals surface area contributed by atoms with Gasteiger partial charge in [0.2, 0.25) is 0 Å². The van der Waals surface area contributed by atoms with Crippen LogP contribution in [0.2, 0.25) is 0 Å². The van der Waals surface area contributed by atoms with Crippen molar-refractivity contribution in [3.63, 3.8) is 0 Å². The zero-order valence-electron chi connectivity index (χ0n) is 11.0. The van der Waals surface area contributed by atoms with Gasteiger partial charge in [-0.1, -0.05) is 18.2 Å². The molecule has 1 saturated heterocycles. The van der Waals surface area contributed by atoms with Crippen molar-refractivity contribution in [2.75, 3.05) is 13.2 Å². The number of non-ortho nitro benzene ring substituents is 1. The topological polar surface area (TPSA) is 64.4 Å². The van der Waals surface area contributed by atoms with Crippen molar-refractivity contribution in [3.05, 3.63) is 46.5 Å². The van der Waals surface area contributed by atoms with Gasteiger partial charge in [-0.25, -0.2) is 0 Å². The molecule has 5 heteroatoms. The van der Waals surface area contributed by atoms with Gasteiger partial charge >= 0.3 is 0 Å². The summed E-state index contributed by atoms with van der Waals surface area (Å²) in [4.78, 5) is 10.7. The lowest BCUT2D eigenvalue weighted by atomic mass is 10.1. The molecule has 2 aromatic rings. The molecule has 0 saturated carbocycles. The van der Waals surface area contributed by atoms with E-state index >= 15 is 0 Å². The molecule has 1 unspecified atom stereocenters. The minimum Gasteiger partial charge on any atom is -0.491 e. The SMILES string of the molecule is O=[N+]([O-])c1ccc(OCC2CCCN2)c2ccccc12. The third kappa shape index (κ3) is 2.44. The van der Waals surface area contributed by atoms with E-state index in [0.29, 0.717) is 23.8 Å². The van der Waals surface area contributed by atoms with E-state index < -0.39 is 0 Å². The van der Waals surface area contributed by atoms with Gasteiger partial charge < -0.3 is 10.1 Å². The van der Waals surface area contributed by atoms with Crippen LogP contribution in [0.25, 0.3) is 10.8 Å². The number of benzene rings is 2. The summed E-state index contributed by atoms with van der Waals surface area (Å²) in [5.41, 5.74) is 0.118. The molecule has 1 N–H and O–H groups in total. The molecule has 0 aromatic heterocycles. The molecule has 1 aliphatic rings. The molecule has 3 rings (SSSR count). The molecule has 1 heterocycles. The highest BCUT2D eigenvalue weighted by Crippen LogP contribution is 2.32. The highest BCUT2D eigenvalue weighted by atomic mass is 16.6. The second-order valence-corrected chi connectivity index (χ2v) is 4.99. The Kier molecular flexibility index (Phi) is 3.52. The van der Waals surface area contributed by atoms with Crippen molar-refractivity contribution >= 4 is 16.5 Å². The summed E-state index contributed by atoms with van der Waals surface area (Å²) >= 11 is 0. The molecular weight excluding hydrogens is 256 g/mol. The first kappa shape index (κ1) is 12.9. The number of nitro benzene ring substituents is 1. The summed E-state index contributed by atoms with van der Waals surface area (Å²) in [5, 5.41) is 15.8. The maximum Gasteiger partial charge on any atom is 0.277 e. The molecule has 0 bridgehead atoms. The van der Waals surface area contributed by atoms with Crippen LogP contribution in [0.3, 0.4) is 0 Å². The van der Waals surface area contributed by atoms with Crippen molar-refractivity contribution in [2.24, 2.45) is 0 Å². The molecule has 5 nitrogen and oxygen atoms in total. The van der Waals surface area contributed by atoms with Crippen LogP contribution in [0.1, 0.15) is 12.8 Å². The molecule has 1 fully saturated rings. The third-order valence-electron chi connectivity index (χ3n) is 3.66. The van der Waals surface area contributed by atoms with Crippen LogP contribution in [0.5, 0.6) is 5.75 Å². The Morgan fingerprint density at radius 1 is 1.25 bits per heavy atom. The van der Waals surface area contributed by atoms with Crippen LogP contribution in [-0.2, 0) is 0 Å². The Hall–Kier alpha value is -2.14. The van der Waals surface area contributed by atoms with Crippen molar-refractivity contribution in [1.29, 1.82) is 0 Å². The fourth-order valence-corrected chi connectivity index (χ4v) is 2.63. The average Bonchev–Trinajstić information content (AvgIpc) is 2.97. The molecule has 0 amide bonds. The van der Waals surface area contributed by atoms with Crippen molar-refractivity contribution in [3.8, 4) is 5.75 Å². The van der Waals surface area contributed by atoms with Gasteiger partial charge in [-0.2, -0.15) is 0 Å². The van der Waals surface area contributed by atoms with E-state index in [1.165, 1.54) is 12.5 Å². The van der Waals surface area contributed by atoms with Gasteiger partial charge in [0.15, 0.2) is 0 Å². The number of fused-ring (bicyclic) bond motifs is 1. The summed E-state index contributed by atoms with van der Waals surface area (Å²) in [6.07, 6.45) is 2.29. The highest BCUT2D eigenvalue weighted by molar-refractivity contribution is 5.95. The molecule has 0 aliphatic carbocycles. The van der Waals surface area contributed by atoms with E-state index in [2.05, 4.69) is 5.32 Å². The van der Waals surface area contributed by atoms with Crippen LogP contribution in [0, 0.1) is 10.1 Å². The number of nitrogens with one attached hydrogen (secondary N) is 1. The predicted octanol–water partition coefficient (Wildman–Crippen LogP) is 2.88. The highest BCUT2D eigenvalue weighted by Gasteiger charge is 2.17. The van der Waals surface area contributed by atoms with Gasteiger partial charge in [0.1, 0.15) is 12.4 Å². The van der Waals surface area contributed by atoms with Crippen molar-refractivity contribution < 1.29 is 9.66 Å². The Labute approximate surface area is 116 Å². The summed E-state index contributed by atoms with van der Waals surface area (Å²) < 4.78 is 5.85. The molecule has 2 aromatic carbocycles. The lowest BCUT2D eigenvalue weighted by Gasteiger charge is -2.13. The Morgan fingerprint density at radius 2 is 2.05 bits per heavy atom. The number of nitro groups is 1. The monoisotopic (exact) mass is 272 g/mol. The van der Waals surface area contributed by atoms with Crippen LogP contribution in [0.15, 0.2) is 36.4 Å². The zero-order valence-corrected chi connectivity index (χ0v) is 11.0. The smallest absolute Gasteiger partial charge is 0.277 e. The molecule has 0 radical (unpaired) electrons. The summed E-state index contributed by atoms with van der Waals surface area (Å²) in [6.45, 7) is 1.64. The summed E-state index contributed by atoms with van der Waals surface area (Å²) in [5.74, 6) is 0.708. The molecule has 20 heavy (non-hydrogen) atoms. The second kappa shape index (κ2) is 5.46. The fourth-order valence-electron chi connectivity index (χ4n) is 2.63. The molecule has 0 spiro atoms. The van der Waals surface area contributed by atoms with Gasteiger partial charge in [-0.05, 0) is 31.5 Å². The standard InChI is InChI=1S/C15H16N2O3/c18-17(19)14-7-8-15(13-6-2-1-5-12(13)14)20-10-11-4-3-9-16-11/h1-2,5-8,11,16H,3-4,9-10H2. The predicted molar refractivity (Wildman–Crippen MR) is 77.1 cm³/mol. The maximum atomic E-state index is 11.0. The maximum absolute atomic E-state index is 11.0. The molecule has 1 atom stereocenters. The first-order valence-corrected chi connectivity index (χ1v) is 6.78. The Balaban J connectivity index is 1.91. The fraction of sp³-hybridized carbons (Fsp3) is 0.333. The van der Waals surface area contributed by atoms with Gasteiger partial charge in [-0.15, -0.1) is 0 Å². The Bertz CT molecular complexity index is 636. The van der Waals surface area contributed by atoms with E-state index in [1.54, 1.807) is 18.2 Å².